The quantitative estimate of drug-likeness (QED) is 0.543. The lowest BCUT2D eigenvalue weighted by Crippen LogP contribution is -2.21. The first-order chi connectivity index (χ1) is 6.79. The van der Waals surface area contributed by atoms with E-state index in [-0.39, 0.29) is 23.0 Å². The normalized spacial score (nSPS) is 15.4. The van der Waals surface area contributed by atoms with E-state index >= 15 is 0 Å². The average molecular weight is 205 g/mol. The highest BCUT2D eigenvalue weighted by Crippen LogP contribution is 2.15. The van der Waals surface area contributed by atoms with Gasteiger partial charge in [0, 0.05) is 5.56 Å². The minimum Gasteiger partial charge on any atom is -0.291 e. The molecule has 0 amide bonds. The Hall–Kier alpha value is -1.42. The molecule has 0 saturated carbocycles. The van der Waals surface area contributed by atoms with Crippen LogP contribution >= 0.6 is 11.9 Å². The van der Waals surface area contributed by atoms with E-state index in [1.54, 1.807) is 24.3 Å². The summed E-state index contributed by atoms with van der Waals surface area (Å²) < 4.78 is 3.83. The minimum absolute atomic E-state index is 0.0706. The fourth-order valence-corrected chi connectivity index (χ4v) is 1.80. The second-order valence-electron chi connectivity index (χ2n) is 2.83. The van der Waals surface area contributed by atoms with Crippen molar-refractivity contribution in [1.29, 1.82) is 0 Å². The number of benzene rings is 1. The summed E-state index contributed by atoms with van der Waals surface area (Å²) in [6.07, 6.45) is 0. The largest absolute Gasteiger partial charge is 0.291 e. The maximum absolute atomic E-state index is 11.7. The third-order valence-corrected chi connectivity index (χ3v) is 2.57. The van der Waals surface area contributed by atoms with Crippen LogP contribution in [0, 0.1) is 0 Å². The summed E-state index contributed by atoms with van der Waals surface area (Å²) in [5.74, 6) is -0.169. The zero-order valence-electron chi connectivity index (χ0n) is 7.27. The van der Waals surface area contributed by atoms with Crippen molar-refractivity contribution in [2.45, 2.75) is 0 Å². The van der Waals surface area contributed by atoms with E-state index in [1.165, 1.54) is 0 Å². The van der Waals surface area contributed by atoms with Gasteiger partial charge >= 0.3 is 0 Å². The van der Waals surface area contributed by atoms with Gasteiger partial charge in [0.2, 0.25) is 5.78 Å². The minimum atomic E-state index is -0.277. The smallest absolute Gasteiger partial charge is 0.215 e. The Balaban J connectivity index is 2.29. The Morgan fingerprint density at radius 2 is 2.00 bits per heavy atom. The van der Waals surface area contributed by atoms with Crippen molar-refractivity contribution in [2.75, 3.05) is 5.75 Å². The van der Waals surface area contributed by atoms with Gasteiger partial charge in [-0.15, -0.1) is 0 Å². The molecule has 0 N–H and O–H groups in total. The molecular weight excluding hydrogens is 198 g/mol. The first kappa shape index (κ1) is 9.15. The van der Waals surface area contributed by atoms with Gasteiger partial charge in [0.25, 0.3) is 0 Å². The van der Waals surface area contributed by atoms with E-state index in [0.717, 1.165) is 11.9 Å². The molecule has 3 nitrogen and oxygen atoms in total. The molecule has 1 aromatic carbocycles. The lowest BCUT2D eigenvalue weighted by atomic mass is 10.1. The maximum Gasteiger partial charge on any atom is 0.215 e. The topological polar surface area (TPSA) is 46.5 Å². The zero-order valence-corrected chi connectivity index (χ0v) is 8.08. The molecule has 0 spiro atoms. The predicted octanol–water partition coefficient (Wildman–Crippen LogP) is 1.54. The molecule has 0 aromatic heterocycles. The molecule has 0 radical (unpaired) electrons. The molecule has 0 atom stereocenters. The number of carbonyl (C=O) groups excluding carboxylic acids is 2. The molecule has 1 aliphatic rings. The van der Waals surface area contributed by atoms with Gasteiger partial charge in [0.05, 0.1) is 5.75 Å². The molecule has 70 valence electrons. The summed E-state index contributed by atoms with van der Waals surface area (Å²) in [4.78, 5) is 22.9. The Labute approximate surface area is 85.4 Å². The lowest BCUT2D eigenvalue weighted by Gasteiger charge is -1.97. The third kappa shape index (κ3) is 1.61. The highest BCUT2D eigenvalue weighted by molar-refractivity contribution is 7.99. The Morgan fingerprint density at radius 3 is 2.57 bits per heavy atom. The number of Topliss-reactive ketones (excluding diaryl/α,β-unsaturated/α-hetero) is 2. The van der Waals surface area contributed by atoms with Gasteiger partial charge in [0.1, 0.15) is 0 Å². The monoisotopic (exact) mass is 205 g/mol. The van der Waals surface area contributed by atoms with Gasteiger partial charge in [-0.1, -0.05) is 30.3 Å². The molecule has 0 saturated heterocycles. The van der Waals surface area contributed by atoms with Crippen molar-refractivity contribution in [3.05, 3.63) is 35.9 Å². The fourth-order valence-electron chi connectivity index (χ4n) is 1.17. The van der Waals surface area contributed by atoms with Gasteiger partial charge in [-0.2, -0.15) is 0 Å². The maximum atomic E-state index is 11.7. The summed E-state index contributed by atoms with van der Waals surface area (Å²) in [5.41, 5.74) is 0.586. The van der Waals surface area contributed by atoms with Crippen LogP contribution in [0.1, 0.15) is 10.4 Å². The molecule has 1 aromatic rings. The van der Waals surface area contributed by atoms with E-state index in [4.69, 9.17) is 0 Å². The number of carbonyl (C=O) groups is 2. The van der Waals surface area contributed by atoms with Crippen LogP contribution in [-0.4, -0.2) is 23.0 Å². The zero-order chi connectivity index (χ0) is 9.97. The third-order valence-electron chi connectivity index (χ3n) is 1.87. The second-order valence-corrected chi connectivity index (χ2v) is 3.56. The SMILES string of the molecule is O=C1CSN=C1C(=O)c1ccccc1. The molecule has 4 heteroatoms. The first-order valence-electron chi connectivity index (χ1n) is 4.12. The lowest BCUT2D eigenvalue weighted by molar-refractivity contribution is -0.110. The first-order valence-corrected chi connectivity index (χ1v) is 5.06. The fraction of sp³-hybridized carbons (Fsp3) is 0.100. The number of hydrogen-bond acceptors (Lipinski definition) is 4. The number of nitrogens with zero attached hydrogens (tertiary/aromatic N) is 1. The number of ketones is 2. The van der Waals surface area contributed by atoms with Gasteiger partial charge in [-0.3, -0.25) is 9.59 Å². The van der Waals surface area contributed by atoms with Gasteiger partial charge in [-0.25, -0.2) is 4.40 Å². The van der Waals surface area contributed by atoms with Crippen LogP contribution in [0.25, 0.3) is 0 Å². The van der Waals surface area contributed by atoms with Gasteiger partial charge < -0.3 is 0 Å². The summed E-state index contributed by atoms with van der Waals surface area (Å²) in [6, 6.07) is 8.72. The van der Waals surface area contributed by atoms with Crippen molar-refractivity contribution in [3.8, 4) is 0 Å². The molecular formula is C10H7NO2S. The van der Waals surface area contributed by atoms with Crippen molar-refractivity contribution in [2.24, 2.45) is 4.40 Å². The Kier molecular flexibility index (Phi) is 2.45. The van der Waals surface area contributed by atoms with Crippen molar-refractivity contribution >= 4 is 29.2 Å². The van der Waals surface area contributed by atoms with Crippen LogP contribution < -0.4 is 0 Å². The molecule has 1 aliphatic heterocycles. The van der Waals surface area contributed by atoms with E-state index in [1.807, 2.05) is 6.07 Å². The highest BCUT2D eigenvalue weighted by atomic mass is 32.2. The molecule has 14 heavy (non-hydrogen) atoms. The number of rotatable bonds is 2. The molecule has 2 rings (SSSR count). The molecule has 0 fully saturated rings. The van der Waals surface area contributed by atoms with Crippen LogP contribution in [0.3, 0.4) is 0 Å². The molecule has 0 bridgehead atoms. The summed E-state index contributed by atoms with van der Waals surface area (Å²) in [6.45, 7) is 0. The van der Waals surface area contributed by atoms with Crippen LogP contribution in [0.2, 0.25) is 0 Å². The standard InChI is InChI=1S/C10H7NO2S/c12-8-6-14-11-9(8)10(13)7-4-2-1-3-5-7/h1-5H,6H2. The van der Waals surface area contributed by atoms with E-state index in [2.05, 4.69) is 4.40 Å². The summed E-state index contributed by atoms with van der Waals surface area (Å²) in [7, 11) is 0. The Morgan fingerprint density at radius 1 is 1.29 bits per heavy atom. The van der Waals surface area contributed by atoms with Crippen LogP contribution in [0.15, 0.2) is 34.7 Å². The van der Waals surface area contributed by atoms with Crippen molar-refractivity contribution < 1.29 is 9.59 Å². The summed E-state index contributed by atoms with van der Waals surface area (Å²) >= 11 is 1.13. The number of hydrogen-bond donors (Lipinski definition) is 0. The highest BCUT2D eigenvalue weighted by Gasteiger charge is 2.25. The Bertz CT molecular complexity index is 411. The van der Waals surface area contributed by atoms with E-state index in [0.29, 0.717) is 5.56 Å². The van der Waals surface area contributed by atoms with Crippen molar-refractivity contribution in [3.63, 3.8) is 0 Å². The van der Waals surface area contributed by atoms with Crippen LogP contribution in [-0.2, 0) is 4.79 Å². The van der Waals surface area contributed by atoms with E-state index in [9.17, 15) is 9.59 Å². The van der Waals surface area contributed by atoms with Crippen LogP contribution in [0.5, 0.6) is 0 Å². The van der Waals surface area contributed by atoms with Crippen molar-refractivity contribution in [1.82, 2.24) is 0 Å². The average Bonchev–Trinajstić information content (AvgIpc) is 2.65. The molecule has 0 aliphatic carbocycles. The second kappa shape index (κ2) is 3.75. The predicted molar refractivity (Wildman–Crippen MR) is 55.7 cm³/mol. The van der Waals surface area contributed by atoms with E-state index < -0.39 is 0 Å². The molecule has 0 unspecified atom stereocenters. The summed E-state index contributed by atoms with van der Waals surface area (Å²) in [5, 5.41) is 0. The van der Waals surface area contributed by atoms with Crippen LogP contribution in [0.4, 0.5) is 0 Å². The van der Waals surface area contributed by atoms with Gasteiger partial charge in [0.15, 0.2) is 11.5 Å². The van der Waals surface area contributed by atoms with Gasteiger partial charge in [-0.05, 0) is 11.9 Å². The molecule has 1 heterocycles.